The van der Waals surface area contributed by atoms with Gasteiger partial charge in [-0.25, -0.2) is 4.18 Å². The summed E-state index contributed by atoms with van der Waals surface area (Å²) < 4.78 is 9.61. The third kappa shape index (κ3) is 0.884. The minimum Gasteiger partial charge on any atom is -0.330 e. The van der Waals surface area contributed by atoms with Crippen LogP contribution >= 0.6 is 12.0 Å². The molecule has 7 heavy (non-hydrogen) atoms. The van der Waals surface area contributed by atoms with Gasteiger partial charge in [0.25, 0.3) is 0 Å². The maximum absolute atomic E-state index is 4.83. The maximum Gasteiger partial charge on any atom is 0.316 e. The van der Waals surface area contributed by atoms with E-state index < -0.39 is 5.24 Å². The zero-order chi connectivity index (χ0) is 5.33. The van der Waals surface area contributed by atoms with E-state index in [4.69, 9.17) is 8.92 Å². The van der Waals surface area contributed by atoms with E-state index >= 15 is 0 Å². The van der Waals surface area contributed by atoms with Gasteiger partial charge < -0.3 is 4.74 Å². The van der Waals surface area contributed by atoms with Crippen LogP contribution in [0.25, 0.3) is 0 Å². The smallest absolute Gasteiger partial charge is 0.316 e. The minimum absolute atomic E-state index is 0.500. The number of methoxy groups -OCH3 is 1. The Morgan fingerprint density at radius 1 is 1.86 bits per heavy atom. The Morgan fingerprint density at radius 3 is 2.43 bits per heavy atom. The van der Waals surface area contributed by atoms with Gasteiger partial charge in [0.2, 0.25) is 0 Å². The van der Waals surface area contributed by atoms with Gasteiger partial charge in [-0.1, -0.05) is 0 Å². The van der Waals surface area contributed by atoms with Crippen LogP contribution in [0.1, 0.15) is 0 Å². The number of hydrogen-bond donors (Lipinski definition) is 1. The van der Waals surface area contributed by atoms with E-state index in [0.717, 1.165) is 0 Å². The lowest BCUT2D eigenvalue weighted by atomic mass is 11.0. The Balaban J connectivity index is 2.28. The highest BCUT2D eigenvalue weighted by molar-refractivity contribution is 8.01. The summed E-state index contributed by atoms with van der Waals surface area (Å²) in [5.41, 5.74) is 0. The molecule has 1 N–H and O–H groups in total. The number of hydrogen-bond acceptors (Lipinski definition) is 4. The zero-order valence-corrected chi connectivity index (χ0v) is 5.04. The first-order chi connectivity index (χ1) is 3.33. The predicted octanol–water partition coefficient (Wildman–Crippen LogP) is 0.142. The molecule has 3 nitrogen and oxygen atoms in total. The Hall–Kier alpha value is 0.230. The molecule has 1 unspecified atom stereocenters. The highest BCUT2D eigenvalue weighted by Crippen LogP contribution is 2.44. The van der Waals surface area contributed by atoms with Crippen molar-refractivity contribution in [1.29, 1.82) is 0 Å². The van der Waals surface area contributed by atoms with E-state index in [1.165, 1.54) is 12.0 Å². The molecule has 1 fully saturated rings. The Bertz CT molecular complexity index is 67.3. The second-order valence-corrected chi connectivity index (χ2v) is 2.05. The molecule has 0 spiro atoms. The van der Waals surface area contributed by atoms with Crippen molar-refractivity contribution in [2.75, 3.05) is 14.2 Å². The normalized spacial score (nSPS) is 38.6. The molecule has 0 radical (unpaired) electrons. The molecule has 4 heteroatoms. The van der Waals surface area contributed by atoms with Gasteiger partial charge in [0.05, 0.1) is 12.0 Å². The predicted molar refractivity (Wildman–Crippen MR) is 27.5 cm³/mol. The van der Waals surface area contributed by atoms with Crippen molar-refractivity contribution in [2.45, 2.75) is 5.24 Å². The fourth-order valence-corrected chi connectivity index (χ4v) is 0.670. The average Bonchev–Trinajstić information content (AvgIpc) is 2.46. The summed E-state index contributed by atoms with van der Waals surface area (Å²) >= 11 is 1.28. The van der Waals surface area contributed by atoms with Crippen molar-refractivity contribution < 1.29 is 8.92 Å². The zero-order valence-electron chi connectivity index (χ0n) is 4.22. The summed E-state index contributed by atoms with van der Waals surface area (Å²) in [5.74, 6) is 0. The number of nitrogens with one attached hydrogen (secondary N) is 1. The van der Waals surface area contributed by atoms with E-state index in [1.807, 2.05) is 0 Å². The van der Waals surface area contributed by atoms with Crippen LogP contribution < -0.4 is 5.32 Å². The maximum atomic E-state index is 4.83. The number of ether oxygens (including phenoxy) is 1. The van der Waals surface area contributed by atoms with Crippen molar-refractivity contribution in [3.63, 3.8) is 0 Å². The van der Waals surface area contributed by atoms with Crippen molar-refractivity contribution in [3.8, 4) is 0 Å². The molecule has 1 aliphatic rings. The average molecular weight is 121 g/mol. The van der Waals surface area contributed by atoms with Crippen LogP contribution in [-0.2, 0) is 8.92 Å². The van der Waals surface area contributed by atoms with Crippen LogP contribution in [0.4, 0.5) is 0 Å². The largest absolute Gasteiger partial charge is 0.330 e. The van der Waals surface area contributed by atoms with Gasteiger partial charge in [-0.15, -0.1) is 0 Å². The molecule has 1 heterocycles. The summed E-state index contributed by atoms with van der Waals surface area (Å²) in [7, 11) is 3.38. The molecule has 0 amide bonds. The van der Waals surface area contributed by atoms with Gasteiger partial charge >= 0.3 is 5.24 Å². The molecular formula is C3H7NO2S. The van der Waals surface area contributed by atoms with Crippen molar-refractivity contribution in [2.24, 2.45) is 0 Å². The Morgan fingerprint density at radius 2 is 2.43 bits per heavy atom. The fourth-order valence-electron chi connectivity index (χ4n) is 0.291. The molecule has 1 atom stereocenters. The topological polar surface area (TPSA) is 33.8 Å². The van der Waals surface area contributed by atoms with Gasteiger partial charge in [-0.2, -0.15) is 0 Å². The highest BCUT2D eigenvalue weighted by Gasteiger charge is 2.47. The molecule has 42 valence electrons. The van der Waals surface area contributed by atoms with Crippen LogP contribution in [0.15, 0.2) is 0 Å². The van der Waals surface area contributed by atoms with Crippen LogP contribution in [0.3, 0.4) is 0 Å². The van der Waals surface area contributed by atoms with Gasteiger partial charge in [-0.05, 0) is 7.05 Å². The summed E-state index contributed by atoms with van der Waals surface area (Å²) in [5, 5.41) is 2.32. The molecule has 1 aliphatic heterocycles. The van der Waals surface area contributed by atoms with Crippen LogP contribution in [0.2, 0.25) is 0 Å². The number of rotatable bonds is 2. The lowest BCUT2D eigenvalue weighted by molar-refractivity contribution is -0.0298. The molecule has 1 rings (SSSR count). The molecule has 0 aliphatic carbocycles. The Labute approximate surface area is 46.6 Å². The van der Waals surface area contributed by atoms with E-state index in [9.17, 15) is 0 Å². The highest BCUT2D eigenvalue weighted by atomic mass is 32.2. The second kappa shape index (κ2) is 1.63. The first kappa shape index (κ1) is 5.37. The van der Waals surface area contributed by atoms with Crippen LogP contribution in [0.5, 0.6) is 0 Å². The third-order valence-electron chi connectivity index (χ3n) is 0.810. The fraction of sp³-hybridized carbons (Fsp3) is 1.00. The SMILES string of the molecule is CNC1(OC)OS1. The lowest BCUT2D eigenvalue weighted by Crippen LogP contribution is -2.28. The van der Waals surface area contributed by atoms with E-state index in [2.05, 4.69) is 5.32 Å². The van der Waals surface area contributed by atoms with Gasteiger partial charge in [0.1, 0.15) is 0 Å². The summed E-state index contributed by atoms with van der Waals surface area (Å²) in [6.45, 7) is 0. The van der Waals surface area contributed by atoms with E-state index in [-0.39, 0.29) is 0 Å². The molecule has 0 aromatic carbocycles. The molecule has 0 aromatic heterocycles. The third-order valence-corrected chi connectivity index (χ3v) is 1.65. The summed E-state index contributed by atoms with van der Waals surface area (Å²) in [6.07, 6.45) is 0. The van der Waals surface area contributed by atoms with E-state index in [1.54, 1.807) is 14.2 Å². The van der Waals surface area contributed by atoms with E-state index in [0.29, 0.717) is 0 Å². The molecular weight excluding hydrogens is 114 g/mol. The quantitative estimate of drug-likeness (QED) is 0.320. The van der Waals surface area contributed by atoms with Crippen LogP contribution in [-0.4, -0.2) is 19.4 Å². The molecule has 0 saturated carbocycles. The molecule has 0 aromatic rings. The minimum atomic E-state index is -0.500. The standard InChI is InChI=1S/C3H7NO2S/c1-4-3(5-2)6-7-3/h4H,1-2H3. The Kier molecular flexibility index (Phi) is 1.25. The van der Waals surface area contributed by atoms with Crippen molar-refractivity contribution >= 4 is 12.0 Å². The first-order valence-electron chi connectivity index (χ1n) is 1.94. The van der Waals surface area contributed by atoms with Gasteiger partial charge in [0.15, 0.2) is 0 Å². The lowest BCUT2D eigenvalue weighted by Gasteiger charge is -2.01. The van der Waals surface area contributed by atoms with Crippen molar-refractivity contribution in [1.82, 2.24) is 5.32 Å². The second-order valence-electron chi connectivity index (χ2n) is 1.18. The first-order valence-corrected chi connectivity index (χ1v) is 2.68. The molecule has 0 bridgehead atoms. The van der Waals surface area contributed by atoms with Crippen molar-refractivity contribution in [3.05, 3.63) is 0 Å². The summed E-state index contributed by atoms with van der Waals surface area (Å²) in [4.78, 5) is 0. The summed E-state index contributed by atoms with van der Waals surface area (Å²) in [6, 6.07) is 0. The molecule has 1 saturated heterocycles. The van der Waals surface area contributed by atoms with Gasteiger partial charge in [-0.3, -0.25) is 5.32 Å². The monoisotopic (exact) mass is 121 g/mol. The van der Waals surface area contributed by atoms with Gasteiger partial charge in [0, 0.05) is 7.11 Å². The van der Waals surface area contributed by atoms with Crippen LogP contribution in [0, 0.1) is 0 Å².